The van der Waals surface area contributed by atoms with Gasteiger partial charge in [0.25, 0.3) is 5.91 Å². The van der Waals surface area contributed by atoms with Crippen LogP contribution in [0.2, 0.25) is 0 Å². The molecule has 0 saturated heterocycles. The smallest absolute Gasteiger partial charge is 0.335 e. The molecule has 1 aliphatic rings. The van der Waals surface area contributed by atoms with Crippen LogP contribution in [0.15, 0.2) is 54.3 Å². The van der Waals surface area contributed by atoms with E-state index in [1.54, 1.807) is 6.08 Å². The molecule has 0 atom stereocenters. The van der Waals surface area contributed by atoms with Gasteiger partial charge in [0, 0.05) is 0 Å². The maximum atomic E-state index is 12.0. The lowest BCUT2D eigenvalue weighted by Gasteiger charge is -2.20. The summed E-state index contributed by atoms with van der Waals surface area (Å²) in [6, 6.07) is 13.6. The Labute approximate surface area is 120 Å². The van der Waals surface area contributed by atoms with E-state index in [9.17, 15) is 9.59 Å². The van der Waals surface area contributed by atoms with Crippen molar-refractivity contribution in [3.8, 4) is 5.75 Å². The van der Waals surface area contributed by atoms with E-state index in [2.05, 4.69) is 5.32 Å². The first kappa shape index (κ1) is 12.9. The second-order valence-electron chi connectivity index (χ2n) is 4.49. The molecular weight excluding hydrogens is 270 g/mol. The molecular formula is C16H11NO4. The van der Waals surface area contributed by atoms with Crippen LogP contribution in [0.1, 0.15) is 15.9 Å². The molecule has 2 N–H and O–H groups in total. The minimum Gasteiger partial charge on any atom is -0.478 e. The lowest BCUT2D eigenvalue weighted by molar-refractivity contribution is -0.115. The quantitative estimate of drug-likeness (QED) is 0.830. The number of carbonyl (C=O) groups is 2. The number of nitrogens with one attached hydrogen (secondary N) is 1. The monoisotopic (exact) mass is 281 g/mol. The van der Waals surface area contributed by atoms with Gasteiger partial charge in [-0.05, 0) is 29.8 Å². The van der Waals surface area contributed by atoms with E-state index in [0.717, 1.165) is 5.56 Å². The summed E-state index contributed by atoms with van der Waals surface area (Å²) in [6.45, 7) is 0. The Bertz CT molecular complexity index is 750. The number of benzene rings is 2. The van der Waals surface area contributed by atoms with Crippen molar-refractivity contribution in [1.29, 1.82) is 0 Å². The van der Waals surface area contributed by atoms with Crippen molar-refractivity contribution >= 4 is 23.6 Å². The normalized spacial score (nSPS) is 15.0. The van der Waals surface area contributed by atoms with Crippen molar-refractivity contribution in [3.63, 3.8) is 0 Å². The number of amides is 1. The fraction of sp³-hybridized carbons (Fsp3) is 0. The van der Waals surface area contributed by atoms with E-state index >= 15 is 0 Å². The van der Waals surface area contributed by atoms with Crippen molar-refractivity contribution in [2.45, 2.75) is 0 Å². The molecule has 0 aromatic heterocycles. The number of carboxylic acids is 1. The Balaban J connectivity index is 1.94. The first-order valence-corrected chi connectivity index (χ1v) is 6.27. The van der Waals surface area contributed by atoms with Gasteiger partial charge in [0.05, 0.1) is 11.3 Å². The van der Waals surface area contributed by atoms with Crippen molar-refractivity contribution in [1.82, 2.24) is 0 Å². The van der Waals surface area contributed by atoms with Crippen LogP contribution in [0.5, 0.6) is 5.75 Å². The molecule has 104 valence electrons. The molecule has 1 aliphatic heterocycles. The molecule has 0 radical (unpaired) electrons. The molecule has 0 saturated carbocycles. The summed E-state index contributed by atoms with van der Waals surface area (Å²) >= 11 is 0. The maximum Gasteiger partial charge on any atom is 0.335 e. The van der Waals surface area contributed by atoms with Gasteiger partial charge in [0.15, 0.2) is 11.5 Å². The first-order chi connectivity index (χ1) is 10.1. The number of hydrogen-bond acceptors (Lipinski definition) is 3. The summed E-state index contributed by atoms with van der Waals surface area (Å²) in [7, 11) is 0. The average molecular weight is 281 g/mol. The van der Waals surface area contributed by atoms with Gasteiger partial charge in [0.2, 0.25) is 0 Å². The second kappa shape index (κ2) is 5.13. The van der Waals surface area contributed by atoms with Crippen molar-refractivity contribution in [2.75, 3.05) is 5.32 Å². The minimum absolute atomic E-state index is 0.0909. The van der Waals surface area contributed by atoms with Crippen LogP contribution in [-0.2, 0) is 4.79 Å². The topological polar surface area (TPSA) is 75.6 Å². The van der Waals surface area contributed by atoms with Gasteiger partial charge in [-0.2, -0.15) is 0 Å². The molecule has 5 heteroatoms. The molecule has 1 amide bonds. The van der Waals surface area contributed by atoms with Crippen LogP contribution in [0, 0.1) is 0 Å². The number of hydrogen-bond donors (Lipinski definition) is 2. The second-order valence-corrected chi connectivity index (χ2v) is 4.49. The Morgan fingerprint density at radius 3 is 2.62 bits per heavy atom. The van der Waals surface area contributed by atoms with Crippen LogP contribution < -0.4 is 10.1 Å². The number of ether oxygens (including phenoxy) is 1. The van der Waals surface area contributed by atoms with E-state index in [-0.39, 0.29) is 11.3 Å². The fourth-order valence-electron chi connectivity index (χ4n) is 1.99. The molecule has 2 aromatic rings. The van der Waals surface area contributed by atoms with Crippen LogP contribution in [0.4, 0.5) is 5.69 Å². The summed E-state index contributed by atoms with van der Waals surface area (Å²) in [5.74, 6) is -0.884. The predicted octanol–water partition coefficient (Wildman–Crippen LogP) is 2.76. The highest BCUT2D eigenvalue weighted by Crippen LogP contribution is 2.32. The van der Waals surface area contributed by atoms with Gasteiger partial charge in [-0.3, -0.25) is 4.79 Å². The van der Waals surface area contributed by atoms with Crippen LogP contribution in [-0.4, -0.2) is 17.0 Å². The number of aromatic carboxylic acids is 1. The van der Waals surface area contributed by atoms with Gasteiger partial charge in [0.1, 0.15) is 0 Å². The Morgan fingerprint density at radius 1 is 1.14 bits per heavy atom. The predicted molar refractivity (Wildman–Crippen MR) is 77.1 cm³/mol. The number of carbonyl (C=O) groups excluding carboxylic acids is 1. The van der Waals surface area contributed by atoms with Crippen LogP contribution in [0.25, 0.3) is 6.08 Å². The number of rotatable bonds is 2. The van der Waals surface area contributed by atoms with Gasteiger partial charge >= 0.3 is 5.97 Å². The minimum atomic E-state index is -1.06. The zero-order valence-corrected chi connectivity index (χ0v) is 10.9. The van der Waals surface area contributed by atoms with E-state index in [0.29, 0.717) is 11.4 Å². The van der Waals surface area contributed by atoms with Gasteiger partial charge in [-0.1, -0.05) is 30.3 Å². The van der Waals surface area contributed by atoms with Gasteiger partial charge in [-0.25, -0.2) is 4.79 Å². The molecule has 3 rings (SSSR count). The van der Waals surface area contributed by atoms with E-state index in [1.807, 2.05) is 30.3 Å². The number of fused-ring (bicyclic) bond motifs is 1. The SMILES string of the molecule is O=C1Nc2cc(C(=O)O)ccc2O/C1=C/c1ccccc1. The number of anilines is 1. The molecule has 0 unspecified atom stereocenters. The molecule has 21 heavy (non-hydrogen) atoms. The molecule has 0 fully saturated rings. The standard InChI is InChI=1S/C16H11NO4/c18-15-14(8-10-4-2-1-3-5-10)21-13-7-6-11(16(19)20)9-12(13)17-15/h1-9H,(H,17,18)(H,19,20)/b14-8+. The molecule has 2 aromatic carbocycles. The maximum absolute atomic E-state index is 12.0. The Morgan fingerprint density at radius 2 is 1.90 bits per heavy atom. The van der Waals surface area contributed by atoms with Crippen LogP contribution >= 0.6 is 0 Å². The summed E-state index contributed by atoms with van der Waals surface area (Å²) in [4.78, 5) is 22.9. The highest BCUT2D eigenvalue weighted by Gasteiger charge is 2.23. The van der Waals surface area contributed by atoms with Crippen LogP contribution in [0.3, 0.4) is 0 Å². The van der Waals surface area contributed by atoms with Crippen molar-refractivity contribution in [3.05, 3.63) is 65.4 Å². The lowest BCUT2D eigenvalue weighted by Crippen LogP contribution is -2.23. The summed E-state index contributed by atoms with van der Waals surface area (Å²) in [5.41, 5.74) is 1.28. The summed E-state index contributed by atoms with van der Waals surface area (Å²) < 4.78 is 5.54. The fourth-order valence-corrected chi connectivity index (χ4v) is 1.99. The zero-order chi connectivity index (χ0) is 14.8. The lowest BCUT2D eigenvalue weighted by atomic mass is 10.1. The average Bonchev–Trinajstić information content (AvgIpc) is 2.48. The Hall–Kier alpha value is -3.08. The highest BCUT2D eigenvalue weighted by molar-refractivity contribution is 6.08. The molecule has 0 bridgehead atoms. The van der Waals surface area contributed by atoms with Crippen molar-refractivity contribution < 1.29 is 19.4 Å². The molecule has 5 nitrogen and oxygen atoms in total. The molecule has 1 heterocycles. The highest BCUT2D eigenvalue weighted by atomic mass is 16.5. The third-order valence-corrected chi connectivity index (χ3v) is 3.02. The van der Waals surface area contributed by atoms with E-state index < -0.39 is 11.9 Å². The summed E-state index contributed by atoms with van der Waals surface area (Å²) in [6.07, 6.45) is 1.63. The first-order valence-electron chi connectivity index (χ1n) is 6.27. The van der Waals surface area contributed by atoms with Crippen molar-refractivity contribution in [2.24, 2.45) is 0 Å². The molecule has 0 spiro atoms. The summed E-state index contributed by atoms with van der Waals surface area (Å²) in [5, 5.41) is 11.6. The van der Waals surface area contributed by atoms with E-state index in [1.165, 1.54) is 18.2 Å². The van der Waals surface area contributed by atoms with Gasteiger partial charge < -0.3 is 15.2 Å². The third-order valence-electron chi connectivity index (χ3n) is 3.02. The van der Waals surface area contributed by atoms with E-state index in [4.69, 9.17) is 9.84 Å². The zero-order valence-electron chi connectivity index (χ0n) is 10.9. The molecule has 0 aliphatic carbocycles. The Kier molecular flexibility index (Phi) is 3.16. The largest absolute Gasteiger partial charge is 0.478 e. The third kappa shape index (κ3) is 2.62. The number of carboxylic acid groups (broad SMARTS) is 1. The van der Waals surface area contributed by atoms with Gasteiger partial charge in [-0.15, -0.1) is 0 Å².